The summed E-state index contributed by atoms with van der Waals surface area (Å²) in [5.74, 6) is 0.633. The van der Waals surface area contributed by atoms with Crippen molar-refractivity contribution in [1.82, 2.24) is 29.0 Å². The molecule has 1 atom stereocenters. The Kier molecular flexibility index (Phi) is 10.6. The van der Waals surface area contributed by atoms with E-state index in [9.17, 15) is 0 Å². The lowest BCUT2D eigenvalue weighted by Gasteiger charge is -2.27. The largest absolute Gasteiger partial charge is 0.346 e. The van der Waals surface area contributed by atoms with Gasteiger partial charge >= 0.3 is 0 Å². The molecule has 0 saturated carbocycles. The van der Waals surface area contributed by atoms with Gasteiger partial charge in [0.15, 0.2) is 0 Å². The van der Waals surface area contributed by atoms with Crippen molar-refractivity contribution in [3.05, 3.63) is 295 Å². The molecule has 7 heteroatoms. The normalized spacial score (nSPS) is 14.5. The number of benzene rings is 11. The number of allylic oxidation sites excluding steroid dienone is 1. The highest BCUT2D eigenvalue weighted by Crippen LogP contribution is 2.51. The summed E-state index contributed by atoms with van der Waals surface area (Å²) in [7, 11) is 0. The highest BCUT2D eigenvalue weighted by atomic mass is 15.3. The number of hydrogen-bond donors (Lipinski definition) is 1. The van der Waals surface area contributed by atoms with Crippen molar-refractivity contribution in [2.45, 2.75) is 25.6 Å². The molecular weight excluding hydrogens is 1020 g/mol. The van der Waals surface area contributed by atoms with Crippen LogP contribution in [0.3, 0.4) is 0 Å². The Morgan fingerprint density at radius 1 is 0.357 bits per heavy atom. The van der Waals surface area contributed by atoms with E-state index >= 15 is 0 Å². The predicted molar refractivity (Wildman–Crippen MR) is 347 cm³/mol. The van der Waals surface area contributed by atoms with Gasteiger partial charge in [0.1, 0.15) is 0 Å². The lowest BCUT2D eigenvalue weighted by Crippen LogP contribution is -2.29. The first-order valence-corrected chi connectivity index (χ1v) is 28.9. The van der Waals surface area contributed by atoms with E-state index in [-0.39, 0.29) is 5.41 Å². The SMILES string of the molecule is CC1(C)c2ccccc2-c2cc3c4ccccc4n(-c4nc(-c5ccccc5)cc(-c5cccc(-c6ccc7c8cc9c(cc8n(-c8ccccc8)c7c6)c6ccccc6n9C6N=C(c7ccccc7)C=C(c7ccccc7)N6)c5)n4)c3cc21. The molecular formula is C77H53N7. The van der Waals surface area contributed by atoms with Gasteiger partial charge < -0.3 is 14.5 Å². The zero-order chi connectivity index (χ0) is 55.6. The van der Waals surface area contributed by atoms with E-state index in [1.165, 1.54) is 49.2 Å². The third kappa shape index (κ3) is 7.42. The molecule has 0 saturated heterocycles. The third-order valence-electron chi connectivity index (χ3n) is 17.7. The van der Waals surface area contributed by atoms with Crippen LogP contribution in [0.15, 0.2) is 278 Å². The van der Waals surface area contributed by atoms with Gasteiger partial charge in [-0.2, -0.15) is 0 Å². The van der Waals surface area contributed by atoms with Crippen molar-refractivity contribution in [2.24, 2.45) is 4.99 Å². The minimum atomic E-state index is -0.426. The smallest absolute Gasteiger partial charge is 0.235 e. The van der Waals surface area contributed by atoms with Crippen LogP contribution < -0.4 is 5.32 Å². The van der Waals surface area contributed by atoms with Gasteiger partial charge in [0.05, 0.1) is 50.2 Å². The Hall–Kier alpha value is -10.9. The average molecular weight is 1080 g/mol. The second kappa shape index (κ2) is 18.6. The fourth-order valence-corrected chi connectivity index (χ4v) is 13.7. The van der Waals surface area contributed by atoms with Crippen molar-refractivity contribution in [2.75, 3.05) is 0 Å². The van der Waals surface area contributed by atoms with Gasteiger partial charge in [0.2, 0.25) is 12.2 Å². The standard InChI is InChI=1S/C77H53N7/c1-77(2)63-35-18-15-32-55(63)59-42-60-56-33-16-19-36-69(56)84(74(60)45-64(59)77)76-80-67(50-26-11-5-12-27-50)47-68(81-76)53-29-21-28-51(40-53)52-38-39-58-62-44-73-61(43-72(62)82(71(58)41-52)54-30-13-6-14-31-54)57-34-17-20-37-70(57)83(73)75-78-65(48-22-7-3-8-23-48)46-66(79-75)49-24-9-4-10-25-49/h3-47,75,78H,1-2H3. The molecule has 7 nitrogen and oxygen atoms in total. The van der Waals surface area contributed by atoms with Crippen LogP contribution in [0.2, 0.25) is 0 Å². The molecule has 11 aromatic carbocycles. The molecule has 396 valence electrons. The molecule has 2 aliphatic rings. The lowest BCUT2D eigenvalue weighted by molar-refractivity contribution is 0.508. The zero-order valence-electron chi connectivity index (χ0n) is 46.2. The van der Waals surface area contributed by atoms with E-state index in [0.717, 1.165) is 100 Å². The number of nitrogens with zero attached hydrogens (tertiary/aromatic N) is 6. The van der Waals surface area contributed by atoms with Gasteiger partial charge in [-0.25, -0.2) is 15.0 Å². The summed E-state index contributed by atoms with van der Waals surface area (Å²) >= 11 is 0. The van der Waals surface area contributed by atoms with E-state index in [4.69, 9.17) is 15.0 Å². The summed E-state index contributed by atoms with van der Waals surface area (Å²) in [6.07, 6.45) is 1.75. The second-order valence-electron chi connectivity index (χ2n) is 22.8. The Balaban J connectivity index is 0.829. The van der Waals surface area contributed by atoms with Gasteiger partial charge in [-0.05, 0) is 117 Å². The molecule has 0 radical (unpaired) electrons. The molecule has 0 spiro atoms. The molecule has 84 heavy (non-hydrogen) atoms. The number of aromatic nitrogens is 5. The minimum Gasteiger partial charge on any atom is -0.346 e. The molecule has 17 rings (SSSR count). The number of hydrogen-bond acceptors (Lipinski definition) is 4. The van der Waals surface area contributed by atoms with Crippen LogP contribution in [0.5, 0.6) is 0 Å². The predicted octanol–water partition coefficient (Wildman–Crippen LogP) is 18.7. The van der Waals surface area contributed by atoms with Crippen LogP contribution >= 0.6 is 0 Å². The molecule has 1 N–H and O–H groups in total. The van der Waals surface area contributed by atoms with Crippen LogP contribution in [0.4, 0.5) is 0 Å². The monoisotopic (exact) mass is 1080 g/mol. The quantitative estimate of drug-likeness (QED) is 0.165. The Bertz CT molecular complexity index is 5240. The van der Waals surface area contributed by atoms with Crippen molar-refractivity contribution in [3.8, 4) is 56.4 Å². The van der Waals surface area contributed by atoms with Gasteiger partial charge in [-0.1, -0.05) is 214 Å². The van der Waals surface area contributed by atoms with Gasteiger partial charge in [0, 0.05) is 60.2 Å². The first kappa shape index (κ1) is 47.9. The van der Waals surface area contributed by atoms with Crippen molar-refractivity contribution >= 4 is 76.8 Å². The van der Waals surface area contributed by atoms with Crippen LogP contribution in [0, 0.1) is 0 Å². The number of rotatable bonds is 8. The molecule has 15 aromatic rings. The Morgan fingerprint density at radius 3 is 1.68 bits per heavy atom. The average Bonchev–Trinajstić information content (AvgIpc) is 1.82. The number of aliphatic imine (C=N–C) groups is 1. The van der Waals surface area contributed by atoms with Crippen LogP contribution in [-0.4, -0.2) is 29.4 Å². The molecule has 5 heterocycles. The second-order valence-corrected chi connectivity index (χ2v) is 22.8. The first-order valence-electron chi connectivity index (χ1n) is 28.9. The minimum absolute atomic E-state index is 0.174. The maximum Gasteiger partial charge on any atom is 0.235 e. The molecule has 1 aliphatic heterocycles. The topological polar surface area (TPSA) is 65.0 Å². The van der Waals surface area contributed by atoms with Gasteiger partial charge in [-0.15, -0.1) is 0 Å². The summed E-state index contributed by atoms with van der Waals surface area (Å²) in [5, 5.41) is 10.9. The number of nitrogens with one attached hydrogen (secondary N) is 1. The zero-order valence-corrected chi connectivity index (χ0v) is 46.2. The third-order valence-corrected chi connectivity index (χ3v) is 17.7. The van der Waals surface area contributed by atoms with E-state index in [1.54, 1.807) is 0 Å². The first-order chi connectivity index (χ1) is 41.4. The van der Waals surface area contributed by atoms with Crippen LogP contribution in [0.25, 0.3) is 128 Å². The summed E-state index contributed by atoms with van der Waals surface area (Å²) < 4.78 is 7.12. The molecule has 4 aromatic heterocycles. The number of para-hydroxylation sites is 3. The van der Waals surface area contributed by atoms with E-state index < -0.39 is 6.29 Å². The Labute approximate surface area is 485 Å². The maximum atomic E-state index is 5.56. The van der Waals surface area contributed by atoms with Crippen molar-refractivity contribution < 1.29 is 0 Å². The molecule has 0 amide bonds. The van der Waals surface area contributed by atoms with E-state index in [1.807, 2.05) is 0 Å². The Morgan fingerprint density at radius 2 is 0.905 bits per heavy atom. The van der Waals surface area contributed by atoms with E-state index in [0.29, 0.717) is 5.95 Å². The van der Waals surface area contributed by atoms with Crippen molar-refractivity contribution in [1.29, 1.82) is 0 Å². The fourth-order valence-electron chi connectivity index (χ4n) is 13.7. The lowest BCUT2D eigenvalue weighted by atomic mass is 9.82. The van der Waals surface area contributed by atoms with Crippen molar-refractivity contribution in [3.63, 3.8) is 0 Å². The summed E-state index contributed by atoms with van der Waals surface area (Å²) in [4.78, 5) is 16.5. The van der Waals surface area contributed by atoms with Crippen LogP contribution in [0.1, 0.15) is 42.4 Å². The molecule has 1 unspecified atom stereocenters. The summed E-state index contributed by atoms with van der Waals surface area (Å²) in [6, 6.07) is 96.2. The van der Waals surface area contributed by atoms with Gasteiger partial charge in [-0.3, -0.25) is 4.57 Å². The molecule has 0 fully saturated rings. The highest BCUT2D eigenvalue weighted by Gasteiger charge is 2.36. The van der Waals surface area contributed by atoms with Crippen LogP contribution in [-0.2, 0) is 5.41 Å². The number of fused-ring (bicyclic) bond motifs is 12. The van der Waals surface area contributed by atoms with Gasteiger partial charge in [0.25, 0.3) is 0 Å². The molecule has 1 aliphatic carbocycles. The molecule has 0 bridgehead atoms. The maximum absolute atomic E-state index is 5.56. The highest BCUT2D eigenvalue weighted by molar-refractivity contribution is 6.19. The fraction of sp³-hybridized carbons (Fsp3) is 0.0519. The summed E-state index contributed by atoms with van der Waals surface area (Å²) in [5.41, 5.74) is 22.9. The van der Waals surface area contributed by atoms with E-state index in [2.05, 4.69) is 306 Å². The summed E-state index contributed by atoms with van der Waals surface area (Å²) in [6.45, 7) is 4.69.